The Labute approximate surface area is 369 Å². The molecule has 350 valence electrons. The van der Waals surface area contributed by atoms with Gasteiger partial charge in [-0.15, -0.1) is 10.1 Å². The molecule has 0 bridgehead atoms. The minimum Gasteiger partial charge on any atom is -0.508 e. The van der Waals surface area contributed by atoms with Crippen LogP contribution >= 0.6 is 0 Å². The second kappa shape index (κ2) is 24.7. The molecule has 0 unspecified atom stereocenters. The highest BCUT2D eigenvalue weighted by Crippen LogP contribution is 2.19. The van der Waals surface area contributed by atoms with Crippen molar-refractivity contribution in [3.63, 3.8) is 0 Å². The number of nitrogens with zero attached hydrogens (tertiary/aromatic N) is 2. The van der Waals surface area contributed by atoms with Crippen LogP contribution in [0.1, 0.15) is 71.4 Å². The number of aliphatic carboxylic acids is 1. The van der Waals surface area contributed by atoms with E-state index in [0.29, 0.717) is 17.5 Å². The molecule has 10 N–H and O–H groups in total. The van der Waals surface area contributed by atoms with Crippen molar-refractivity contribution >= 4 is 47.3 Å². The number of amides is 7. The van der Waals surface area contributed by atoms with Crippen molar-refractivity contribution in [2.24, 2.45) is 17.6 Å². The van der Waals surface area contributed by atoms with Crippen LogP contribution in [0.15, 0.2) is 48.5 Å². The molecule has 0 radical (unpaired) electrons. The van der Waals surface area contributed by atoms with Crippen LogP contribution in [0.25, 0.3) is 0 Å². The maximum absolute atomic E-state index is 13.6. The highest BCUT2D eigenvalue weighted by Gasteiger charge is 2.37. The number of carbonyl (C=O) groups is 8. The lowest BCUT2D eigenvalue weighted by atomic mass is 10.0. The Kier molecular flexibility index (Phi) is 19.9. The lowest BCUT2D eigenvalue weighted by Crippen LogP contribution is -2.57. The summed E-state index contributed by atoms with van der Waals surface area (Å²) in [4.78, 5) is 121. The molecule has 1 aliphatic rings. The second-order valence-corrected chi connectivity index (χ2v) is 16.4. The molecule has 3 rings (SSSR count). The third-order valence-electron chi connectivity index (χ3n) is 9.99. The minimum atomic E-state index is -1.34. The number of aromatic hydroxyl groups is 1. The molecule has 6 atom stereocenters. The Balaban J connectivity index is 1.61. The van der Waals surface area contributed by atoms with E-state index >= 15 is 0 Å². The molecule has 1 saturated heterocycles. The van der Waals surface area contributed by atoms with Crippen molar-refractivity contribution in [1.29, 1.82) is 0 Å². The van der Waals surface area contributed by atoms with Crippen molar-refractivity contribution in [3.8, 4) is 11.5 Å². The molecule has 0 spiro atoms. The molecule has 22 nitrogen and oxygen atoms in total. The summed E-state index contributed by atoms with van der Waals surface area (Å²) in [5.41, 5.74) is 6.73. The first kappa shape index (κ1) is 51.5. The predicted octanol–water partition coefficient (Wildman–Crippen LogP) is -0.565. The number of benzene rings is 2. The zero-order valence-corrected chi connectivity index (χ0v) is 36.5. The first-order valence-electron chi connectivity index (χ1n) is 20.9. The lowest BCUT2D eigenvalue weighted by Gasteiger charge is -2.27. The minimum absolute atomic E-state index is 0.00941. The van der Waals surface area contributed by atoms with Crippen LogP contribution in [0.3, 0.4) is 0 Å². The van der Waals surface area contributed by atoms with Gasteiger partial charge < -0.3 is 52.7 Å². The van der Waals surface area contributed by atoms with Gasteiger partial charge in [-0.1, -0.05) is 52.0 Å². The Hall–Kier alpha value is -6.84. The third-order valence-corrected chi connectivity index (χ3v) is 9.99. The van der Waals surface area contributed by atoms with Crippen LogP contribution in [0, 0.1) is 22.0 Å². The summed E-state index contributed by atoms with van der Waals surface area (Å²) < 4.78 is 0. The number of carbonyl (C=O) groups excluding carboxylic acids is 7. The summed E-state index contributed by atoms with van der Waals surface area (Å²) in [5, 5.41) is 44.2. The fourth-order valence-corrected chi connectivity index (χ4v) is 6.80. The van der Waals surface area contributed by atoms with Gasteiger partial charge in [0.1, 0.15) is 41.7 Å². The van der Waals surface area contributed by atoms with Gasteiger partial charge in [-0.05, 0) is 79.8 Å². The summed E-state index contributed by atoms with van der Waals surface area (Å²) in [6.07, 6.45) is 0.840. The molecule has 0 aromatic heterocycles. The lowest BCUT2D eigenvalue weighted by molar-refractivity contribution is -0.711. The van der Waals surface area contributed by atoms with Gasteiger partial charge in [0, 0.05) is 19.4 Å². The van der Waals surface area contributed by atoms with Crippen LogP contribution in [0.2, 0.25) is 0 Å². The maximum atomic E-state index is 13.6. The molecule has 0 aliphatic carbocycles. The summed E-state index contributed by atoms with van der Waals surface area (Å²) >= 11 is 0. The van der Waals surface area contributed by atoms with Crippen molar-refractivity contribution in [1.82, 2.24) is 36.8 Å². The fraction of sp³-hybridized carbons (Fsp3) is 0.524. The number of phenolic OH excluding ortho intramolecular Hbond substituents is 1. The number of hydrogen-bond acceptors (Lipinski definition) is 13. The molecule has 7 amide bonds. The standard InChI is InChI=1S/C42H59N9O13/c1-23(2)17-30(38(56)44-21-35(53)46-31(18-24(3)4)40(58)49-33(42(60)61)20-26-8-12-28(52)13-9-26)48-41(59)34-7-6-16-50(34)36(54)22-45-39(57)32(47-37(55)25(5)43)19-27-10-14-29(15-11-27)64-51(62)63/h8-15,23-25,30-34,52H,6-7,16-22,43H2,1-5H3,(H,44,56)(H,45,57)(H,46,53)(H,47,55)(H,48,59)(H,49,58)(H,60,61)/t25-,30-,31-,32-,33-,34-/m0/s1. The number of carboxylic acids is 1. The molecule has 2 aromatic rings. The highest BCUT2D eigenvalue weighted by molar-refractivity contribution is 5.96. The number of likely N-dealkylation sites (tertiary alicyclic amines) is 1. The zero-order valence-electron chi connectivity index (χ0n) is 36.5. The van der Waals surface area contributed by atoms with Crippen molar-refractivity contribution in [2.75, 3.05) is 19.6 Å². The van der Waals surface area contributed by atoms with Gasteiger partial charge in [0.15, 0.2) is 0 Å². The average molecular weight is 898 g/mol. The van der Waals surface area contributed by atoms with E-state index in [-0.39, 0.29) is 62.0 Å². The fourth-order valence-electron chi connectivity index (χ4n) is 6.80. The van der Waals surface area contributed by atoms with E-state index in [0.717, 1.165) is 0 Å². The van der Waals surface area contributed by atoms with Crippen LogP contribution in [-0.4, -0.2) is 123 Å². The van der Waals surface area contributed by atoms with Crippen LogP contribution < -0.4 is 42.5 Å². The Morgan fingerprint density at radius 2 is 1.25 bits per heavy atom. The van der Waals surface area contributed by atoms with E-state index in [9.17, 15) is 58.7 Å². The van der Waals surface area contributed by atoms with Gasteiger partial charge in [-0.3, -0.25) is 38.4 Å². The SMILES string of the molecule is CC(C)C[C@H](NC(=O)CNC(=O)[C@H](CC(C)C)NC(=O)[C@@H]1CCCN1C(=O)CNC(=O)[C@H](Cc1ccc(O[N+](=O)[O-])cc1)NC(=O)[C@H](C)N)C(=O)N[C@@H](Cc1ccc(O)cc1)C(=O)O. The quantitative estimate of drug-likeness (QED) is 0.0471. The maximum Gasteiger partial charge on any atom is 0.326 e. The van der Waals surface area contributed by atoms with Crippen molar-refractivity contribution in [2.45, 2.75) is 109 Å². The molecular formula is C42H59N9O13. The number of rotatable bonds is 24. The average Bonchev–Trinajstić information content (AvgIpc) is 3.72. The summed E-state index contributed by atoms with van der Waals surface area (Å²) in [7, 11) is 0. The van der Waals surface area contributed by atoms with Crippen LogP contribution in [0.4, 0.5) is 0 Å². The van der Waals surface area contributed by atoms with E-state index in [1.54, 1.807) is 13.8 Å². The van der Waals surface area contributed by atoms with E-state index in [1.165, 1.54) is 60.4 Å². The number of carboxylic acid groups (broad SMARTS) is 1. The normalized spacial score (nSPS) is 15.8. The molecule has 64 heavy (non-hydrogen) atoms. The van der Waals surface area contributed by atoms with Gasteiger partial charge in [0.2, 0.25) is 41.4 Å². The third kappa shape index (κ3) is 17.1. The summed E-state index contributed by atoms with van der Waals surface area (Å²) in [5.74, 6) is -6.41. The van der Waals surface area contributed by atoms with Gasteiger partial charge in [-0.25, -0.2) is 4.79 Å². The smallest absolute Gasteiger partial charge is 0.326 e. The Morgan fingerprint density at radius 3 is 1.80 bits per heavy atom. The van der Waals surface area contributed by atoms with Gasteiger partial charge in [-0.2, -0.15) is 0 Å². The van der Waals surface area contributed by atoms with E-state index in [2.05, 4.69) is 36.7 Å². The molecule has 1 fully saturated rings. The molecule has 0 saturated carbocycles. The predicted molar refractivity (Wildman–Crippen MR) is 228 cm³/mol. The number of nitrogens with two attached hydrogens (primary N) is 1. The first-order chi connectivity index (χ1) is 30.1. The Bertz CT molecular complexity index is 1980. The van der Waals surface area contributed by atoms with E-state index in [1.807, 2.05) is 13.8 Å². The van der Waals surface area contributed by atoms with Gasteiger partial charge in [0.05, 0.1) is 19.1 Å². The summed E-state index contributed by atoms with van der Waals surface area (Å²) in [6, 6.07) is 4.58. The zero-order chi connectivity index (χ0) is 47.7. The van der Waals surface area contributed by atoms with E-state index < -0.39 is 102 Å². The first-order valence-corrected chi connectivity index (χ1v) is 20.9. The largest absolute Gasteiger partial charge is 0.508 e. The van der Waals surface area contributed by atoms with Crippen molar-refractivity contribution in [3.05, 3.63) is 69.8 Å². The van der Waals surface area contributed by atoms with Crippen molar-refractivity contribution < 1.29 is 58.5 Å². The van der Waals surface area contributed by atoms with Crippen LogP contribution in [0.5, 0.6) is 11.5 Å². The molecule has 1 heterocycles. The molecule has 2 aromatic carbocycles. The molecular weight excluding hydrogens is 839 g/mol. The Morgan fingerprint density at radius 1 is 0.734 bits per heavy atom. The monoisotopic (exact) mass is 897 g/mol. The molecule has 22 heteroatoms. The molecule has 1 aliphatic heterocycles. The highest BCUT2D eigenvalue weighted by atomic mass is 17.0. The summed E-state index contributed by atoms with van der Waals surface area (Å²) in [6.45, 7) is 7.71. The van der Waals surface area contributed by atoms with Gasteiger partial charge in [0.25, 0.3) is 5.09 Å². The number of phenols is 1. The number of hydrogen-bond donors (Lipinski definition) is 9. The second-order valence-electron chi connectivity index (χ2n) is 16.4. The van der Waals surface area contributed by atoms with Crippen LogP contribution in [-0.2, 0) is 51.2 Å². The van der Waals surface area contributed by atoms with E-state index in [4.69, 9.17) is 5.73 Å². The van der Waals surface area contributed by atoms with Gasteiger partial charge >= 0.3 is 5.97 Å². The topological polar surface area (TPSA) is 331 Å². The number of nitrogens with one attached hydrogen (secondary N) is 6.